The summed E-state index contributed by atoms with van der Waals surface area (Å²) in [5, 5.41) is 10.7. The van der Waals surface area contributed by atoms with E-state index in [0.29, 0.717) is 29.1 Å². The zero-order valence-electron chi connectivity index (χ0n) is 10.1. The molecular formula is C14H17FO2. The van der Waals surface area contributed by atoms with Gasteiger partial charge in [-0.15, -0.1) is 0 Å². The fourth-order valence-corrected chi connectivity index (χ4v) is 1.86. The molecule has 2 atom stereocenters. The second-order valence-corrected chi connectivity index (χ2v) is 4.60. The van der Waals surface area contributed by atoms with Gasteiger partial charge in [0.15, 0.2) is 0 Å². The summed E-state index contributed by atoms with van der Waals surface area (Å²) in [7, 11) is 0. The largest absolute Gasteiger partial charge is 0.458 e. The van der Waals surface area contributed by atoms with Crippen LogP contribution in [0.4, 0.5) is 4.39 Å². The van der Waals surface area contributed by atoms with Gasteiger partial charge in [-0.1, -0.05) is 20.3 Å². The lowest BCUT2D eigenvalue weighted by atomic mass is 10.00. The zero-order valence-corrected chi connectivity index (χ0v) is 10.1. The molecule has 92 valence electrons. The Morgan fingerprint density at radius 2 is 2.12 bits per heavy atom. The van der Waals surface area contributed by atoms with Gasteiger partial charge in [-0.25, -0.2) is 4.39 Å². The molecule has 0 bridgehead atoms. The minimum atomic E-state index is -0.611. The maximum atomic E-state index is 13.0. The highest BCUT2D eigenvalue weighted by molar-refractivity contribution is 5.77. The summed E-state index contributed by atoms with van der Waals surface area (Å²) in [6, 6.07) is 6.07. The molecule has 0 aliphatic heterocycles. The zero-order chi connectivity index (χ0) is 12.4. The van der Waals surface area contributed by atoms with E-state index >= 15 is 0 Å². The summed E-state index contributed by atoms with van der Waals surface area (Å²) in [4.78, 5) is 0. The number of hydrogen-bond acceptors (Lipinski definition) is 2. The Bertz CT molecular complexity index is 504. The molecule has 0 saturated carbocycles. The third-order valence-corrected chi connectivity index (χ3v) is 3.15. The molecule has 0 saturated heterocycles. The monoisotopic (exact) mass is 236 g/mol. The number of aliphatic hydroxyl groups is 1. The number of furan rings is 1. The van der Waals surface area contributed by atoms with E-state index in [1.54, 1.807) is 12.1 Å². The van der Waals surface area contributed by atoms with Gasteiger partial charge >= 0.3 is 0 Å². The van der Waals surface area contributed by atoms with Crippen molar-refractivity contribution in [3.63, 3.8) is 0 Å². The molecule has 0 aliphatic rings. The molecular weight excluding hydrogens is 219 g/mol. The number of halogens is 1. The van der Waals surface area contributed by atoms with Crippen LogP contribution in [0.5, 0.6) is 0 Å². The van der Waals surface area contributed by atoms with E-state index in [9.17, 15) is 9.50 Å². The van der Waals surface area contributed by atoms with Crippen molar-refractivity contribution in [3.8, 4) is 0 Å². The van der Waals surface area contributed by atoms with Gasteiger partial charge in [0.05, 0.1) is 0 Å². The van der Waals surface area contributed by atoms with Crippen LogP contribution in [-0.2, 0) is 0 Å². The second kappa shape index (κ2) is 4.88. The number of fused-ring (bicyclic) bond motifs is 1. The number of hydrogen-bond donors (Lipinski definition) is 1. The highest BCUT2D eigenvalue weighted by Gasteiger charge is 2.16. The molecule has 1 aromatic carbocycles. The number of rotatable bonds is 4. The van der Waals surface area contributed by atoms with Crippen LogP contribution in [0.3, 0.4) is 0 Å². The van der Waals surface area contributed by atoms with Crippen LogP contribution in [0.25, 0.3) is 11.0 Å². The van der Waals surface area contributed by atoms with Crippen molar-refractivity contribution >= 4 is 11.0 Å². The van der Waals surface area contributed by atoms with E-state index in [1.165, 1.54) is 12.1 Å². The Morgan fingerprint density at radius 1 is 1.35 bits per heavy atom. The minimum absolute atomic E-state index is 0.290. The van der Waals surface area contributed by atoms with Crippen molar-refractivity contribution in [3.05, 3.63) is 35.8 Å². The van der Waals surface area contributed by atoms with Crippen molar-refractivity contribution in [2.45, 2.75) is 32.8 Å². The van der Waals surface area contributed by atoms with Crippen LogP contribution in [0, 0.1) is 11.7 Å². The summed E-state index contributed by atoms with van der Waals surface area (Å²) in [6.45, 7) is 4.18. The molecule has 1 heterocycles. The Morgan fingerprint density at radius 3 is 2.82 bits per heavy atom. The average molecular weight is 236 g/mol. The lowest BCUT2D eigenvalue weighted by Crippen LogP contribution is -2.02. The Balaban J connectivity index is 2.24. The maximum absolute atomic E-state index is 13.0. The van der Waals surface area contributed by atoms with Gasteiger partial charge in [0.1, 0.15) is 23.3 Å². The molecule has 2 aromatic rings. The van der Waals surface area contributed by atoms with Gasteiger partial charge in [0.2, 0.25) is 0 Å². The highest BCUT2D eigenvalue weighted by Crippen LogP contribution is 2.28. The third kappa shape index (κ3) is 2.67. The van der Waals surface area contributed by atoms with E-state index in [4.69, 9.17) is 4.42 Å². The Labute approximate surface area is 100 Å². The molecule has 0 radical (unpaired) electrons. The van der Waals surface area contributed by atoms with Gasteiger partial charge < -0.3 is 9.52 Å². The van der Waals surface area contributed by atoms with E-state index in [-0.39, 0.29) is 5.82 Å². The van der Waals surface area contributed by atoms with E-state index < -0.39 is 6.10 Å². The molecule has 2 rings (SSSR count). The van der Waals surface area contributed by atoms with Crippen molar-refractivity contribution in [1.82, 2.24) is 0 Å². The van der Waals surface area contributed by atoms with Gasteiger partial charge in [-0.3, -0.25) is 0 Å². The van der Waals surface area contributed by atoms with E-state index in [2.05, 4.69) is 13.8 Å². The van der Waals surface area contributed by atoms with Crippen molar-refractivity contribution in [2.75, 3.05) is 0 Å². The van der Waals surface area contributed by atoms with E-state index in [1.807, 2.05) is 0 Å². The van der Waals surface area contributed by atoms with Crippen LogP contribution in [0.1, 0.15) is 38.6 Å². The first-order valence-electron chi connectivity index (χ1n) is 5.97. The summed E-state index contributed by atoms with van der Waals surface area (Å²) < 4.78 is 18.5. The maximum Gasteiger partial charge on any atom is 0.134 e. The predicted molar refractivity (Wildman–Crippen MR) is 65.2 cm³/mol. The van der Waals surface area contributed by atoms with Crippen molar-refractivity contribution in [1.29, 1.82) is 0 Å². The quantitative estimate of drug-likeness (QED) is 0.869. The molecule has 0 fully saturated rings. The minimum Gasteiger partial charge on any atom is -0.458 e. The molecule has 0 amide bonds. The van der Waals surface area contributed by atoms with Crippen LogP contribution in [0.15, 0.2) is 28.7 Å². The summed E-state index contributed by atoms with van der Waals surface area (Å²) >= 11 is 0. The Hall–Kier alpha value is -1.35. The normalized spacial score (nSPS) is 15.1. The van der Waals surface area contributed by atoms with Crippen LogP contribution in [-0.4, -0.2) is 5.11 Å². The average Bonchev–Trinajstić information content (AvgIpc) is 2.71. The van der Waals surface area contributed by atoms with Crippen molar-refractivity contribution in [2.24, 2.45) is 5.92 Å². The van der Waals surface area contributed by atoms with Gasteiger partial charge in [-0.05, 0) is 36.6 Å². The molecule has 2 unspecified atom stereocenters. The third-order valence-electron chi connectivity index (χ3n) is 3.15. The SMILES string of the molecule is CCC(C)CC(O)c1cc2cc(F)ccc2o1. The molecule has 1 aromatic heterocycles. The topological polar surface area (TPSA) is 33.4 Å². The standard InChI is InChI=1S/C14H17FO2/c1-3-9(2)6-12(16)14-8-10-7-11(15)4-5-13(10)17-14/h4-5,7-9,12,16H,3,6H2,1-2H3. The highest BCUT2D eigenvalue weighted by atomic mass is 19.1. The first kappa shape index (κ1) is 12.1. The fourth-order valence-electron chi connectivity index (χ4n) is 1.86. The first-order chi connectivity index (χ1) is 8.10. The molecule has 0 spiro atoms. The van der Waals surface area contributed by atoms with Crippen LogP contribution in [0.2, 0.25) is 0 Å². The lowest BCUT2D eigenvalue weighted by Gasteiger charge is -2.12. The molecule has 2 nitrogen and oxygen atoms in total. The van der Waals surface area contributed by atoms with Crippen LogP contribution < -0.4 is 0 Å². The Kier molecular flexibility index (Phi) is 3.48. The van der Waals surface area contributed by atoms with Gasteiger partial charge in [0.25, 0.3) is 0 Å². The van der Waals surface area contributed by atoms with E-state index in [0.717, 1.165) is 6.42 Å². The summed E-state index contributed by atoms with van der Waals surface area (Å²) in [5.74, 6) is 0.669. The van der Waals surface area contributed by atoms with Gasteiger partial charge in [-0.2, -0.15) is 0 Å². The van der Waals surface area contributed by atoms with Crippen molar-refractivity contribution < 1.29 is 13.9 Å². The molecule has 1 N–H and O–H groups in total. The van der Waals surface area contributed by atoms with Crippen LogP contribution >= 0.6 is 0 Å². The molecule has 0 aliphatic carbocycles. The van der Waals surface area contributed by atoms with Gasteiger partial charge in [0, 0.05) is 5.39 Å². The summed E-state index contributed by atoms with van der Waals surface area (Å²) in [5.41, 5.74) is 0.615. The number of aliphatic hydroxyl groups excluding tert-OH is 1. The fraction of sp³-hybridized carbons (Fsp3) is 0.429. The molecule has 3 heteroatoms. The second-order valence-electron chi connectivity index (χ2n) is 4.60. The molecule has 17 heavy (non-hydrogen) atoms. The number of benzene rings is 1. The first-order valence-corrected chi connectivity index (χ1v) is 5.97. The lowest BCUT2D eigenvalue weighted by molar-refractivity contribution is 0.124. The summed E-state index contributed by atoms with van der Waals surface area (Å²) in [6.07, 6.45) is 1.07. The predicted octanol–water partition coefficient (Wildman–Crippen LogP) is 4.04. The smallest absolute Gasteiger partial charge is 0.134 e.